The summed E-state index contributed by atoms with van der Waals surface area (Å²) in [6, 6.07) is 5.18. The lowest BCUT2D eigenvalue weighted by atomic mass is 9.97. The van der Waals surface area contributed by atoms with Crippen molar-refractivity contribution in [3.8, 4) is 0 Å². The van der Waals surface area contributed by atoms with E-state index in [1.807, 2.05) is 0 Å². The molecular formula is C17H22N2O6. The van der Waals surface area contributed by atoms with Crippen molar-refractivity contribution < 1.29 is 28.7 Å². The summed E-state index contributed by atoms with van der Waals surface area (Å²) in [7, 11) is 2.45. The lowest BCUT2D eigenvalue weighted by Gasteiger charge is -2.22. The zero-order chi connectivity index (χ0) is 19.0. The molecule has 2 N–H and O–H groups in total. The molecular weight excluding hydrogens is 328 g/mol. The second kappa shape index (κ2) is 9.41. The monoisotopic (exact) mass is 350 g/mol. The van der Waals surface area contributed by atoms with Gasteiger partial charge in [-0.2, -0.15) is 0 Å². The highest BCUT2D eigenvalue weighted by molar-refractivity contribution is 5.97. The number of methoxy groups -OCH3 is 2. The first kappa shape index (κ1) is 20.1. The summed E-state index contributed by atoms with van der Waals surface area (Å²) in [4.78, 5) is 46.7. The van der Waals surface area contributed by atoms with E-state index in [-0.39, 0.29) is 12.3 Å². The Balaban J connectivity index is 2.85. The summed E-state index contributed by atoms with van der Waals surface area (Å²) in [5, 5.41) is 5.15. The number of amides is 2. The summed E-state index contributed by atoms with van der Waals surface area (Å²) < 4.78 is 9.28. The van der Waals surface area contributed by atoms with E-state index >= 15 is 0 Å². The molecule has 2 atom stereocenters. The Morgan fingerprint density at radius 3 is 2.12 bits per heavy atom. The Morgan fingerprint density at radius 2 is 1.64 bits per heavy atom. The topological polar surface area (TPSA) is 111 Å². The first-order valence-electron chi connectivity index (χ1n) is 7.61. The van der Waals surface area contributed by atoms with Gasteiger partial charge in [0.15, 0.2) is 0 Å². The van der Waals surface area contributed by atoms with Crippen LogP contribution in [0.15, 0.2) is 24.3 Å². The van der Waals surface area contributed by atoms with Crippen LogP contribution in [0, 0.1) is 5.92 Å². The summed E-state index contributed by atoms with van der Waals surface area (Å²) in [6.45, 7) is 3.02. The summed E-state index contributed by atoms with van der Waals surface area (Å²) in [5.41, 5.74) is 0.848. The molecule has 136 valence electrons. The number of rotatable bonds is 7. The summed E-state index contributed by atoms with van der Waals surface area (Å²) in [5.74, 6) is -2.38. The Labute approximate surface area is 145 Å². The van der Waals surface area contributed by atoms with Gasteiger partial charge in [-0.25, -0.2) is 4.79 Å². The molecule has 1 rings (SSSR count). The normalized spacial score (nSPS) is 12.5. The summed E-state index contributed by atoms with van der Waals surface area (Å²) >= 11 is 0. The van der Waals surface area contributed by atoms with Crippen LogP contribution in [-0.4, -0.2) is 44.0 Å². The quantitative estimate of drug-likeness (QED) is 0.713. The van der Waals surface area contributed by atoms with Crippen molar-refractivity contribution in [2.75, 3.05) is 19.5 Å². The van der Waals surface area contributed by atoms with E-state index < -0.39 is 29.8 Å². The van der Waals surface area contributed by atoms with Gasteiger partial charge < -0.3 is 20.1 Å². The van der Waals surface area contributed by atoms with Crippen LogP contribution in [0.4, 0.5) is 5.69 Å². The second-order valence-corrected chi connectivity index (χ2v) is 5.49. The summed E-state index contributed by atoms with van der Waals surface area (Å²) in [6.07, 6.45) is -0.0436. The van der Waals surface area contributed by atoms with Crippen molar-refractivity contribution in [3.05, 3.63) is 29.8 Å². The van der Waals surface area contributed by atoms with Crippen LogP contribution < -0.4 is 10.6 Å². The molecule has 0 unspecified atom stereocenters. The fourth-order valence-corrected chi connectivity index (χ4v) is 2.16. The number of anilines is 1. The van der Waals surface area contributed by atoms with Gasteiger partial charge in [0, 0.05) is 18.2 Å². The molecule has 0 spiro atoms. The maximum atomic E-state index is 12.3. The third-order valence-corrected chi connectivity index (χ3v) is 3.49. The highest BCUT2D eigenvalue weighted by Crippen LogP contribution is 2.14. The van der Waals surface area contributed by atoms with Crippen LogP contribution in [0.25, 0.3) is 0 Å². The van der Waals surface area contributed by atoms with E-state index in [0.717, 1.165) is 0 Å². The molecule has 0 aliphatic heterocycles. The van der Waals surface area contributed by atoms with Gasteiger partial charge in [0.05, 0.1) is 20.6 Å². The van der Waals surface area contributed by atoms with E-state index in [0.29, 0.717) is 11.3 Å². The number of ether oxygens (including phenoxy) is 2. The molecule has 0 aromatic heterocycles. The van der Waals surface area contributed by atoms with E-state index in [2.05, 4.69) is 15.4 Å². The fourth-order valence-electron chi connectivity index (χ4n) is 2.16. The van der Waals surface area contributed by atoms with E-state index in [1.54, 1.807) is 19.1 Å². The first-order valence-corrected chi connectivity index (χ1v) is 7.61. The molecule has 25 heavy (non-hydrogen) atoms. The Hall–Kier alpha value is -2.90. The van der Waals surface area contributed by atoms with Gasteiger partial charge in [-0.05, 0) is 30.2 Å². The number of nitrogens with one attached hydrogen (secondary N) is 2. The Bertz CT molecular complexity index is 641. The maximum Gasteiger partial charge on any atom is 0.328 e. The van der Waals surface area contributed by atoms with Gasteiger partial charge in [0.1, 0.15) is 6.04 Å². The van der Waals surface area contributed by atoms with Gasteiger partial charge in [0.2, 0.25) is 5.91 Å². The highest BCUT2D eigenvalue weighted by atomic mass is 16.5. The third-order valence-electron chi connectivity index (χ3n) is 3.49. The number of hydrogen-bond acceptors (Lipinski definition) is 6. The van der Waals surface area contributed by atoms with Gasteiger partial charge in [0.25, 0.3) is 5.91 Å². The minimum absolute atomic E-state index is 0.0436. The lowest BCUT2D eigenvalue weighted by Crippen LogP contribution is -2.46. The standard InChI is InChI=1S/C17H22N2O6/c1-10(9-14(21)24-3)15(17(23)25-4)19-16(22)12-5-7-13(8-6-12)18-11(2)20/h5-8,10,15H,9H2,1-4H3,(H,18,20)(H,19,22)/t10-,15-/m0/s1. The molecule has 8 heteroatoms. The van der Waals surface area contributed by atoms with Crippen molar-refractivity contribution >= 4 is 29.4 Å². The Kier molecular flexibility index (Phi) is 7.58. The smallest absolute Gasteiger partial charge is 0.328 e. The predicted octanol–water partition coefficient (Wildman–Crippen LogP) is 1.12. The SMILES string of the molecule is COC(=O)C[C@H](C)[C@H](NC(=O)c1ccc(NC(C)=O)cc1)C(=O)OC. The van der Waals surface area contributed by atoms with Crippen LogP contribution in [-0.2, 0) is 23.9 Å². The number of carbonyl (C=O) groups is 4. The van der Waals surface area contributed by atoms with Crippen molar-refractivity contribution in [1.82, 2.24) is 5.32 Å². The van der Waals surface area contributed by atoms with Crippen molar-refractivity contribution in [2.45, 2.75) is 26.3 Å². The molecule has 0 aliphatic rings. The van der Waals surface area contributed by atoms with Gasteiger partial charge in [-0.3, -0.25) is 14.4 Å². The van der Waals surface area contributed by atoms with Crippen molar-refractivity contribution in [2.24, 2.45) is 5.92 Å². The van der Waals surface area contributed by atoms with Gasteiger partial charge >= 0.3 is 11.9 Å². The average Bonchev–Trinajstić information content (AvgIpc) is 2.58. The van der Waals surface area contributed by atoms with Gasteiger partial charge in [-0.15, -0.1) is 0 Å². The van der Waals surface area contributed by atoms with Crippen LogP contribution >= 0.6 is 0 Å². The number of hydrogen-bond donors (Lipinski definition) is 2. The molecule has 1 aromatic rings. The van der Waals surface area contributed by atoms with E-state index in [4.69, 9.17) is 4.74 Å². The molecule has 0 saturated heterocycles. The van der Waals surface area contributed by atoms with Gasteiger partial charge in [-0.1, -0.05) is 6.92 Å². The zero-order valence-electron chi connectivity index (χ0n) is 14.6. The molecule has 0 heterocycles. The maximum absolute atomic E-state index is 12.3. The molecule has 8 nitrogen and oxygen atoms in total. The van der Waals surface area contributed by atoms with Crippen LogP contribution in [0.2, 0.25) is 0 Å². The zero-order valence-corrected chi connectivity index (χ0v) is 14.6. The third kappa shape index (κ3) is 6.25. The van der Waals surface area contributed by atoms with Crippen LogP contribution in [0.1, 0.15) is 30.6 Å². The predicted molar refractivity (Wildman–Crippen MR) is 89.8 cm³/mol. The minimum Gasteiger partial charge on any atom is -0.469 e. The molecule has 0 fully saturated rings. The van der Waals surface area contributed by atoms with E-state index in [1.165, 1.54) is 33.3 Å². The molecule has 0 saturated carbocycles. The molecule has 0 radical (unpaired) electrons. The molecule has 0 bridgehead atoms. The molecule has 2 amide bonds. The van der Waals surface area contributed by atoms with Crippen molar-refractivity contribution in [3.63, 3.8) is 0 Å². The van der Waals surface area contributed by atoms with Crippen molar-refractivity contribution in [1.29, 1.82) is 0 Å². The largest absolute Gasteiger partial charge is 0.469 e. The second-order valence-electron chi connectivity index (χ2n) is 5.49. The molecule has 0 aliphatic carbocycles. The van der Waals surface area contributed by atoms with E-state index in [9.17, 15) is 19.2 Å². The Morgan fingerprint density at radius 1 is 1.04 bits per heavy atom. The molecule has 1 aromatic carbocycles. The van der Waals surface area contributed by atoms with Crippen LogP contribution in [0.3, 0.4) is 0 Å². The number of esters is 2. The minimum atomic E-state index is -0.994. The number of benzene rings is 1. The first-order chi connectivity index (χ1) is 11.8. The average molecular weight is 350 g/mol. The lowest BCUT2D eigenvalue weighted by molar-refractivity contribution is -0.146. The highest BCUT2D eigenvalue weighted by Gasteiger charge is 2.30. The van der Waals surface area contributed by atoms with Crippen LogP contribution in [0.5, 0.6) is 0 Å². The number of carbonyl (C=O) groups excluding carboxylic acids is 4. The fraction of sp³-hybridized carbons (Fsp3) is 0.412.